The Bertz CT molecular complexity index is 457. The average molecular weight is 288 g/mol. The van der Waals surface area contributed by atoms with Gasteiger partial charge in [0, 0.05) is 30.9 Å². The molecule has 1 heterocycles. The van der Waals surface area contributed by atoms with Gasteiger partial charge in [-0.2, -0.15) is 0 Å². The Morgan fingerprint density at radius 2 is 1.76 bits per heavy atom. The van der Waals surface area contributed by atoms with Crippen LogP contribution in [0.4, 0.5) is 5.69 Å². The lowest BCUT2D eigenvalue weighted by Crippen LogP contribution is -2.46. The Kier molecular flexibility index (Phi) is 4.98. The molecule has 0 bridgehead atoms. The maximum atomic E-state index is 3.66. The summed E-state index contributed by atoms with van der Waals surface area (Å²) in [4.78, 5) is 2.60. The quantitative estimate of drug-likeness (QED) is 0.891. The number of para-hydroxylation sites is 1. The van der Waals surface area contributed by atoms with E-state index in [9.17, 15) is 0 Å². The van der Waals surface area contributed by atoms with E-state index in [2.05, 4.69) is 69.1 Å². The number of aryl methyl sites for hydroxylation is 1. The third-order valence-electron chi connectivity index (χ3n) is 4.17. The SMILES string of the molecule is CC(C)(CNC(C)(C)C)CN1CCCCc2ccccc21. The number of hydrogen-bond acceptors (Lipinski definition) is 2. The molecule has 2 heteroatoms. The van der Waals surface area contributed by atoms with E-state index in [1.807, 2.05) is 0 Å². The molecular formula is C19H32N2. The van der Waals surface area contributed by atoms with Gasteiger partial charge in [0.25, 0.3) is 0 Å². The lowest BCUT2D eigenvalue weighted by molar-refractivity contribution is 0.292. The molecule has 0 saturated carbocycles. The zero-order valence-corrected chi connectivity index (χ0v) is 14.5. The fourth-order valence-electron chi connectivity index (χ4n) is 3.01. The smallest absolute Gasteiger partial charge is 0.0398 e. The van der Waals surface area contributed by atoms with E-state index in [4.69, 9.17) is 0 Å². The van der Waals surface area contributed by atoms with E-state index in [1.165, 1.54) is 37.1 Å². The first-order valence-corrected chi connectivity index (χ1v) is 8.35. The Hall–Kier alpha value is -1.02. The number of hydrogen-bond donors (Lipinski definition) is 1. The topological polar surface area (TPSA) is 15.3 Å². The van der Waals surface area contributed by atoms with Crippen molar-refractivity contribution < 1.29 is 0 Å². The highest BCUT2D eigenvalue weighted by Crippen LogP contribution is 2.29. The summed E-state index contributed by atoms with van der Waals surface area (Å²) < 4.78 is 0. The summed E-state index contributed by atoms with van der Waals surface area (Å²) in [5, 5.41) is 3.66. The monoisotopic (exact) mass is 288 g/mol. The van der Waals surface area contributed by atoms with E-state index in [0.717, 1.165) is 13.1 Å². The Labute approximate surface area is 130 Å². The van der Waals surface area contributed by atoms with Crippen molar-refractivity contribution in [2.24, 2.45) is 5.41 Å². The van der Waals surface area contributed by atoms with Gasteiger partial charge in [0.2, 0.25) is 0 Å². The normalized spacial score (nSPS) is 16.5. The molecule has 118 valence electrons. The molecule has 0 atom stereocenters. The molecule has 0 aliphatic carbocycles. The molecule has 0 amide bonds. The summed E-state index contributed by atoms with van der Waals surface area (Å²) in [7, 11) is 0. The zero-order valence-electron chi connectivity index (χ0n) is 14.5. The molecule has 2 nitrogen and oxygen atoms in total. The highest BCUT2D eigenvalue weighted by molar-refractivity contribution is 5.54. The van der Waals surface area contributed by atoms with E-state index >= 15 is 0 Å². The van der Waals surface area contributed by atoms with Gasteiger partial charge in [0.15, 0.2) is 0 Å². The minimum Gasteiger partial charge on any atom is -0.371 e. The van der Waals surface area contributed by atoms with Gasteiger partial charge < -0.3 is 10.2 Å². The van der Waals surface area contributed by atoms with Crippen molar-refractivity contribution in [1.29, 1.82) is 0 Å². The van der Waals surface area contributed by atoms with Crippen molar-refractivity contribution in [3.63, 3.8) is 0 Å². The molecule has 1 aromatic carbocycles. The predicted molar refractivity (Wildman–Crippen MR) is 93.1 cm³/mol. The molecule has 0 saturated heterocycles. The Morgan fingerprint density at radius 1 is 1.05 bits per heavy atom. The number of benzene rings is 1. The lowest BCUT2D eigenvalue weighted by Gasteiger charge is -2.36. The van der Waals surface area contributed by atoms with Crippen LogP contribution in [0.1, 0.15) is 53.0 Å². The van der Waals surface area contributed by atoms with E-state index in [1.54, 1.807) is 0 Å². The first-order chi connectivity index (χ1) is 9.77. The molecule has 0 spiro atoms. The van der Waals surface area contributed by atoms with Gasteiger partial charge in [-0.1, -0.05) is 32.0 Å². The molecule has 2 rings (SSSR count). The van der Waals surface area contributed by atoms with Crippen LogP contribution in [-0.2, 0) is 6.42 Å². The van der Waals surface area contributed by atoms with Gasteiger partial charge in [-0.3, -0.25) is 0 Å². The van der Waals surface area contributed by atoms with Gasteiger partial charge >= 0.3 is 0 Å². The van der Waals surface area contributed by atoms with Crippen molar-refractivity contribution in [1.82, 2.24) is 5.32 Å². The fraction of sp³-hybridized carbons (Fsp3) is 0.684. The summed E-state index contributed by atoms with van der Waals surface area (Å²) >= 11 is 0. The highest BCUT2D eigenvalue weighted by atomic mass is 15.1. The predicted octanol–water partition coefficient (Wildman–Crippen LogP) is 4.24. The molecule has 0 radical (unpaired) electrons. The molecular weight excluding hydrogens is 256 g/mol. The summed E-state index contributed by atoms with van der Waals surface area (Å²) in [5.74, 6) is 0. The van der Waals surface area contributed by atoms with Crippen LogP contribution in [0.15, 0.2) is 24.3 Å². The summed E-state index contributed by atoms with van der Waals surface area (Å²) in [5.41, 5.74) is 3.44. The van der Waals surface area contributed by atoms with Crippen LogP contribution in [0.5, 0.6) is 0 Å². The number of fused-ring (bicyclic) bond motifs is 1. The van der Waals surface area contributed by atoms with E-state index in [0.29, 0.717) is 0 Å². The summed E-state index contributed by atoms with van der Waals surface area (Å²) in [6, 6.07) is 8.95. The highest BCUT2D eigenvalue weighted by Gasteiger charge is 2.25. The zero-order chi connectivity index (χ0) is 15.5. The van der Waals surface area contributed by atoms with Crippen molar-refractivity contribution in [2.75, 3.05) is 24.5 Å². The van der Waals surface area contributed by atoms with Gasteiger partial charge in [-0.05, 0) is 57.1 Å². The molecule has 21 heavy (non-hydrogen) atoms. The Balaban J connectivity index is 2.07. The molecule has 1 aromatic rings. The lowest BCUT2D eigenvalue weighted by atomic mass is 9.91. The van der Waals surface area contributed by atoms with E-state index < -0.39 is 0 Å². The standard InChI is InChI=1S/C19H32N2/c1-18(2,3)20-14-19(4,5)15-21-13-9-8-11-16-10-6-7-12-17(16)21/h6-7,10,12,20H,8-9,11,13-15H2,1-5H3. The number of rotatable bonds is 4. The second-order valence-corrected chi connectivity index (χ2v) is 8.28. The first kappa shape index (κ1) is 16.4. The van der Waals surface area contributed by atoms with Crippen molar-refractivity contribution >= 4 is 5.69 Å². The van der Waals surface area contributed by atoms with Crippen LogP contribution in [0.3, 0.4) is 0 Å². The molecule has 1 aliphatic heterocycles. The molecule has 0 aromatic heterocycles. The van der Waals surface area contributed by atoms with Crippen LogP contribution in [-0.4, -0.2) is 25.2 Å². The second-order valence-electron chi connectivity index (χ2n) is 8.28. The Morgan fingerprint density at radius 3 is 2.48 bits per heavy atom. The van der Waals surface area contributed by atoms with Gasteiger partial charge in [0.05, 0.1) is 0 Å². The molecule has 1 aliphatic rings. The van der Waals surface area contributed by atoms with Gasteiger partial charge in [-0.25, -0.2) is 0 Å². The summed E-state index contributed by atoms with van der Waals surface area (Å²) in [6.45, 7) is 14.8. The number of anilines is 1. The van der Waals surface area contributed by atoms with Crippen LogP contribution < -0.4 is 10.2 Å². The number of nitrogens with one attached hydrogen (secondary N) is 1. The average Bonchev–Trinajstić information content (AvgIpc) is 2.59. The van der Waals surface area contributed by atoms with Crippen LogP contribution in [0.2, 0.25) is 0 Å². The minimum atomic E-state index is 0.188. The van der Waals surface area contributed by atoms with Crippen LogP contribution >= 0.6 is 0 Å². The number of nitrogens with zero attached hydrogens (tertiary/aromatic N) is 1. The minimum absolute atomic E-state index is 0.188. The van der Waals surface area contributed by atoms with Crippen molar-refractivity contribution in [2.45, 2.75) is 59.4 Å². The van der Waals surface area contributed by atoms with Gasteiger partial charge in [-0.15, -0.1) is 0 Å². The van der Waals surface area contributed by atoms with Crippen molar-refractivity contribution in [3.05, 3.63) is 29.8 Å². The first-order valence-electron chi connectivity index (χ1n) is 8.35. The maximum Gasteiger partial charge on any atom is 0.0398 e. The molecule has 1 N–H and O–H groups in total. The molecule has 0 unspecified atom stereocenters. The third kappa shape index (κ3) is 5.03. The fourth-order valence-corrected chi connectivity index (χ4v) is 3.01. The molecule has 0 fully saturated rings. The third-order valence-corrected chi connectivity index (χ3v) is 4.17. The van der Waals surface area contributed by atoms with Gasteiger partial charge in [0.1, 0.15) is 0 Å². The largest absolute Gasteiger partial charge is 0.371 e. The van der Waals surface area contributed by atoms with Crippen molar-refractivity contribution in [3.8, 4) is 0 Å². The summed E-state index contributed by atoms with van der Waals surface area (Å²) in [6.07, 6.45) is 3.85. The maximum absolute atomic E-state index is 3.66. The van der Waals surface area contributed by atoms with E-state index in [-0.39, 0.29) is 11.0 Å². The van der Waals surface area contributed by atoms with Crippen LogP contribution in [0, 0.1) is 5.41 Å². The van der Waals surface area contributed by atoms with Crippen LogP contribution in [0.25, 0.3) is 0 Å². The second kappa shape index (κ2) is 6.39.